The van der Waals surface area contributed by atoms with Gasteiger partial charge in [-0.05, 0) is 24.3 Å². The van der Waals surface area contributed by atoms with Crippen LogP contribution in [0.25, 0.3) is 0 Å². The fraction of sp³-hybridized carbons (Fsp3) is 0. The number of anilines is 1. The summed E-state index contributed by atoms with van der Waals surface area (Å²) < 4.78 is 5.75. The number of nitrogens with one attached hydrogen (secondary N) is 1. The lowest BCUT2D eigenvalue weighted by Crippen LogP contribution is -2.32. The summed E-state index contributed by atoms with van der Waals surface area (Å²) in [5, 5.41) is 11.4. The number of hydrogen-bond donors (Lipinski definition) is 3. The minimum atomic E-state index is 0.182. The Hall–Kier alpha value is -3.35. The van der Waals surface area contributed by atoms with Gasteiger partial charge < -0.3 is 16.2 Å². The van der Waals surface area contributed by atoms with Crippen molar-refractivity contribution < 1.29 is 4.74 Å². The van der Waals surface area contributed by atoms with Crippen molar-refractivity contribution in [3.05, 3.63) is 54.6 Å². The molecule has 3 rings (SSSR count). The molecule has 0 fully saturated rings. The number of hydrogen-bond acceptors (Lipinski definition) is 7. The Labute approximate surface area is 127 Å². The van der Waals surface area contributed by atoms with E-state index < -0.39 is 0 Å². The number of rotatable bonds is 4. The van der Waals surface area contributed by atoms with E-state index in [9.17, 15) is 0 Å². The molecule has 0 amide bonds. The highest BCUT2D eigenvalue weighted by atomic mass is 16.5. The Balaban J connectivity index is 1.73. The molecule has 7 heteroatoms. The number of hydrazone groups is 1. The summed E-state index contributed by atoms with van der Waals surface area (Å²) in [5.41, 5.74) is 15.2. The van der Waals surface area contributed by atoms with E-state index in [0.29, 0.717) is 11.5 Å². The van der Waals surface area contributed by atoms with Crippen LogP contribution in [0.3, 0.4) is 0 Å². The summed E-state index contributed by atoms with van der Waals surface area (Å²) in [6, 6.07) is 16.9. The van der Waals surface area contributed by atoms with Gasteiger partial charge in [0.15, 0.2) is 17.4 Å². The second kappa shape index (κ2) is 5.96. The smallest absolute Gasteiger partial charge is 0.177 e. The van der Waals surface area contributed by atoms with Crippen LogP contribution >= 0.6 is 0 Å². The molecule has 0 saturated carbocycles. The monoisotopic (exact) mass is 294 g/mol. The normalized spacial score (nSPS) is 13.4. The lowest BCUT2D eigenvalue weighted by molar-refractivity contribution is 0.483. The van der Waals surface area contributed by atoms with E-state index in [1.807, 2.05) is 54.6 Å². The number of benzene rings is 2. The van der Waals surface area contributed by atoms with E-state index in [4.69, 9.17) is 16.2 Å². The van der Waals surface area contributed by atoms with Crippen LogP contribution in [0.4, 0.5) is 5.69 Å². The van der Waals surface area contributed by atoms with Gasteiger partial charge in [0.25, 0.3) is 0 Å². The van der Waals surface area contributed by atoms with Crippen molar-refractivity contribution in [3.8, 4) is 11.5 Å². The zero-order valence-corrected chi connectivity index (χ0v) is 11.6. The first-order valence-electron chi connectivity index (χ1n) is 6.56. The lowest BCUT2D eigenvalue weighted by Gasteiger charge is -2.07. The van der Waals surface area contributed by atoms with Crippen LogP contribution in [-0.2, 0) is 0 Å². The molecule has 0 saturated heterocycles. The van der Waals surface area contributed by atoms with Gasteiger partial charge in [-0.25, -0.2) is 0 Å². The minimum absolute atomic E-state index is 0.182. The highest BCUT2D eigenvalue weighted by Gasteiger charge is 2.16. The maximum Gasteiger partial charge on any atom is 0.177 e. The molecular formula is C15H14N6O. The molecule has 0 unspecified atom stereocenters. The predicted octanol–water partition coefficient (Wildman–Crippen LogP) is 1.89. The Bertz CT molecular complexity index is 747. The molecule has 1 aliphatic heterocycles. The average molecular weight is 294 g/mol. The largest absolute Gasteiger partial charge is 0.457 e. The van der Waals surface area contributed by atoms with Crippen LogP contribution in [0.1, 0.15) is 0 Å². The summed E-state index contributed by atoms with van der Waals surface area (Å²) in [7, 11) is 0. The fourth-order valence-corrected chi connectivity index (χ4v) is 1.82. The Morgan fingerprint density at radius 2 is 1.55 bits per heavy atom. The molecule has 1 heterocycles. The maximum absolute atomic E-state index is 5.75. The summed E-state index contributed by atoms with van der Waals surface area (Å²) >= 11 is 0. The van der Waals surface area contributed by atoms with Crippen LogP contribution in [0.2, 0.25) is 0 Å². The first-order valence-corrected chi connectivity index (χ1v) is 6.56. The molecule has 0 spiro atoms. The maximum atomic E-state index is 5.75. The number of para-hydroxylation sites is 1. The molecular weight excluding hydrogens is 280 g/mol. The van der Waals surface area contributed by atoms with Gasteiger partial charge >= 0.3 is 0 Å². The standard InChI is InChI=1S/C15H14N6O/c16-14-13(15(17)21-20-14)19-18-10-5-4-8-12(9-10)22-11-6-2-1-3-7-11/h1-9,18H,(H4,16,17,19,20,21). The number of nitrogens with zero attached hydrogens (tertiary/aromatic N) is 3. The van der Waals surface area contributed by atoms with Crippen LogP contribution in [0.5, 0.6) is 11.5 Å². The van der Waals surface area contributed by atoms with Crippen LogP contribution < -0.4 is 21.6 Å². The van der Waals surface area contributed by atoms with Crippen LogP contribution in [0.15, 0.2) is 69.9 Å². The zero-order chi connectivity index (χ0) is 15.4. The molecule has 5 N–H and O–H groups in total. The Morgan fingerprint density at radius 1 is 0.864 bits per heavy atom. The second-order valence-electron chi connectivity index (χ2n) is 4.49. The van der Waals surface area contributed by atoms with Gasteiger partial charge in [-0.3, -0.25) is 5.43 Å². The van der Waals surface area contributed by atoms with E-state index in [-0.39, 0.29) is 11.7 Å². The van der Waals surface area contributed by atoms with Crippen molar-refractivity contribution in [3.63, 3.8) is 0 Å². The second-order valence-corrected chi connectivity index (χ2v) is 4.49. The number of nitrogens with two attached hydrogens (primary N) is 2. The molecule has 2 aromatic rings. The summed E-state index contributed by atoms with van der Waals surface area (Å²) in [4.78, 5) is 0. The first kappa shape index (κ1) is 13.6. The van der Waals surface area contributed by atoms with Gasteiger partial charge in [0.1, 0.15) is 11.5 Å². The average Bonchev–Trinajstić information content (AvgIpc) is 2.85. The highest BCUT2D eigenvalue weighted by Crippen LogP contribution is 2.23. The third-order valence-electron chi connectivity index (χ3n) is 2.86. The third kappa shape index (κ3) is 3.04. The van der Waals surface area contributed by atoms with Gasteiger partial charge in [0, 0.05) is 6.07 Å². The van der Waals surface area contributed by atoms with Crippen molar-refractivity contribution in [2.75, 3.05) is 5.43 Å². The summed E-state index contributed by atoms with van der Waals surface area (Å²) in [6.07, 6.45) is 0. The molecule has 0 atom stereocenters. The van der Waals surface area contributed by atoms with E-state index in [1.165, 1.54) is 0 Å². The van der Waals surface area contributed by atoms with Crippen molar-refractivity contribution in [2.24, 2.45) is 26.8 Å². The molecule has 22 heavy (non-hydrogen) atoms. The molecule has 0 aromatic heterocycles. The lowest BCUT2D eigenvalue weighted by atomic mass is 10.3. The molecule has 2 aromatic carbocycles. The van der Waals surface area contributed by atoms with E-state index in [0.717, 1.165) is 11.4 Å². The molecule has 0 bridgehead atoms. The molecule has 7 nitrogen and oxygen atoms in total. The minimum Gasteiger partial charge on any atom is -0.457 e. The van der Waals surface area contributed by atoms with Gasteiger partial charge in [-0.1, -0.05) is 24.3 Å². The van der Waals surface area contributed by atoms with Crippen LogP contribution in [0, 0.1) is 0 Å². The first-order chi connectivity index (χ1) is 10.7. The van der Waals surface area contributed by atoms with Crippen LogP contribution in [-0.4, -0.2) is 17.4 Å². The topological polar surface area (TPSA) is 110 Å². The Kier molecular flexibility index (Phi) is 3.69. The third-order valence-corrected chi connectivity index (χ3v) is 2.86. The summed E-state index contributed by atoms with van der Waals surface area (Å²) in [5.74, 6) is 1.81. The fourth-order valence-electron chi connectivity index (χ4n) is 1.82. The van der Waals surface area contributed by atoms with Crippen molar-refractivity contribution in [1.29, 1.82) is 0 Å². The van der Waals surface area contributed by atoms with Gasteiger partial charge in [0.05, 0.1) is 5.69 Å². The zero-order valence-electron chi connectivity index (χ0n) is 11.6. The van der Waals surface area contributed by atoms with E-state index >= 15 is 0 Å². The van der Waals surface area contributed by atoms with Crippen molar-refractivity contribution in [2.45, 2.75) is 0 Å². The van der Waals surface area contributed by atoms with Gasteiger partial charge in [-0.15, -0.1) is 10.2 Å². The Morgan fingerprint density at radius 3 is 2.27 bits per heavy atom. The molecule has 110 valence electrons. The number of amidine groups is 2. The van der Waals surface area contributed by atoms with Gasteiger partial charge in [-0.2, -0.15) is 5.10 Å². The summed E-state index contributed by atoms with van der Waals surface area (Å²) in [6.45, 7) is 0. The highest BCUT2D eigenvalue weighted by molar-refractivity contribution is 6.68. The quantitative estimate of drug-likeness (QED) is 0.748. The van der Waals surface area contributed by atoms with E-state index in [1.54, 1.807) is 0 Å². The van der Waals surface area contributed by atoms with Crippen molar-refractivity contribution >= 4 is 23.1 Å². The number of ether oxygens (including phenoxy) is 1. The molecule has 1 aliphatic rings. The van der Waals surface area contributed by atoms with E-state index in [2.05, 4.69) is 20.7 Å². The van der Waals surface area contributed by atoms with Gasteiger partial charge in [0.2, 0.25) is 0 Å². The molecule has 0 radical (unpaired) electrons. The predicted molar refractivity (Wildman–Crippen MR) is 87.3 cm³/mol. The SMILES string of the molecule is NC1=NN=C(N)C1=NNc1cccc(Oc2ccccc2)c1. The molecule has 0 aliphatic carbocycles. The van der Waals surface area contributed by atoms with Crippen molar-refractivity contribution in [1.82, 2.24) is 0 Å².